The fourth-order valence-electron chi connectivity index (χ4n) is 1.39. The summed E-state index contributed by atoms with van der Waals surface area (Å²) in [6.45, 7) is 4.17. The molecule has 0 aliphatic carbocycles. The van der Waals surface area contributed by atoms with E-state index >= 15 is 0 Å². The first-order chi connectivity index (χ1) is 8.11. The maximum atomic E-state index is 13.7. The Balaban J connectivity index is 2.48. The highest BCUT2D eigenvalue weighted by Gasteiger charge is 2.13. The average Bonchev–Trinajstić information content (AvgIpc) is 2.71. The third-order valence-electron chi connectivity index (χ3n) is 2.15. The highest BCUT2D eigenvalue weighted by molar-refractivity contribution is 9.11. The van der Waals surface area contributed by atoms with Gasteiger partial charge < -0.3 is 5.32 Å². The number of hydrogen-bond acceptors (Lipinski definition) is 4. The molecule has 17 heavy (non-hydrogen) atoms. The highest BCUT2D eigenvalue weighted by Crippen LogP contribution is 2.30. The van der Waals surface area contributed by atoms with Crippen molar-refractivity contribution in [2.75, 3.05) is 11.9 Å². The van der Waals surface area contributed by atoms with Gasteiger partial charge in [-0.15, -0.1) is 11.3 Å². The van der Waals surface area contributed by atoms with Crippen molar-refractivity contribution < 1.29 is 4.39 Å². The van der Waals surface area contributed by atoms with Crippen molar-refractivity contribution in [1.82, 2.24) is 9.97 Å². The fourth-order valence-corrected chi connectivity index (χ4v) is 2.71. The predicted molar refractivity (Wildman–Crippen MR) is 71.9 cm³/mol. The van der Waals surface area contributed by atoms with E-state index in [2.05, 4.69) is 31.2 Å². The molecular formula is C11H11BrFN3S. The molecule has 2 rings (SSSR count). The first-order valence-corrected chi connectivity index (χ1v) is 6.76. The van der Waals surface area contributed by atoms with Crippen molar-refractivity contribution in [2.45, 2.75) is 13.8 Å². The van der Waals surface area contributed by atoms with Crippen LogP contribution >= 0.6 is 27.3 Å². The maximum Gasteiger partial charge on any atom is 0.186 e. The monoisotopic (exact) mass is 315 g/mol. The molecule has 0 fully saturated rings. The lowest BCUT2D eigenvalue weighted by Gasteiger charge is -2.07. The van der Waals surface area contributed by atoms with Gasteiger partial charge in [-0.2, -0.15) is 0 Å². The summed E-state index contributed by atoms with van der Waals surface area (Å²) in [6, 6.07) is 3.84. The van der Waals surface area contributed by atoms with Crippen LogP contribution in [0.5, 0.6) is 0 Å². The largest absolute Gasteiger partial charge is 0.368 e. The minimum absolute atomic E-state index is 0.263. The SMILES string of the molecule is CCNc1nc(-c2ccc(Br)s2)nc(C)c1F. The van der Waals surface area contributed by atoms with Crippen LogP contribution in [0.4, 0.5) is 10.2 Å². The molecule has 0 aromatic carbocycles. The second-order valence-electron chi connectivity index (χ2n) is 3.43. The third kappa shape index (κ3) is 2.63. The van der Waals surface area contributed by atoms with E-state index in [1.54, 1.807) is 6.92 Å². The summed E-state index contributed by atoms with van der Waals surface area (Å²) in [5.41, 5.74) is 0.357. The van der Waals surface area contributed by atoms with Crippen LogP contribution in [0.25, 0.3) is 10.7 Å². The summed E-state index contributed by atoms with van der Waals surface area (Å²) in [5.74, 6) is 0.432. The van der Waals surface area contributed by atoms with E-state index in [0.717, 1.165) is 8.66 Å². The minimum atomic E-state index is -0.383. The van der Waals surface area contributed by atoms with Crippen LogP contribution in [-0.2, 0) is 0 Å². The Morgan fingerprint density at radius 1 is 1.41 bits per heavy atom. The number of nitrogens with one attached hydrogen (secondary N) is 1. The third-order valence-corrected chi connectivity index (χ3v) is 3.77. The molecule has 0 saturated heterocycles. The second kappa shape index (κ2) is 5.10. The summed E-state index contributed by atoms with van der Waals surface area (Å²) in [4.78, 5) is 9.28. The van der Waals surface area contributed by atoms with E-state index in [1.165, 1.54) is 11.3 Å². The van der Waals surface area contributed by atoms with E-state index in [-0.39, 0.29) is 11.6 Å². The number of aromatic nitrogens is 2. The number of halogens is 2. The summed E-state index contributed by atoms with van der Waals surface area (Å²) in [6.07, 6.45) is 0. The Hall–Kier alpha value is -1.01. The van der Waals surface area contributed by atoms with Crippen molar-refractivity contribution in [3.63, 3.8) is 0 Å². The highest BCUT2D eigenvalue weighted by atomic mass is 79.9. The second-order valence-corrected chi connectivity index (χ2v) is 5.89. The number of aryl methyl sites for hydroxylation is 1. The average molecular weight is 316 g/mol. The molecule has 0 amide bonds. The molecule has 0 spiro atoms. The molecule has 0 aliphatic rings. The van der Waals surface area contributed by atoms with E-state index in [9.17, 15) is 4.39 Å². The Morgan fingerprint density at radius 2 is 2.18 bits per heavy atom. The van der Waals surface area contributed by atoms with Crippen LogP contribution < -0.4 is 5.32 Å². The summed E-state index contributed by atoms with van der Waals surface area (Å²) in [5, 5.41) is 2.90. The predicted octanol–water partition coefficient (Wildman–Crippen LogP) is 3.85. The van der Waals surface area contributed by atoms with Crippen LogP contribution in [0, 0.1) is 12.7 Å². The lowest BCUT2D eigenvalue weighted by Crippen LogP contribution is -2.06. The topological polar surface area (TPSA) is 37.8 Å². The number of hydrogen-bond donors (Lipinski definition) is 1. The van der Waals surface area contributed by atoms with Crippen molar-refractivity contribution >= 4 is 33.1 Å². The van der Waals surface area contributed by atoms with E-state index in [4.69, 9.17) is 0 Å². The van der Waals surface area contributed by atoms with E-state index in [0.29, 0.717) is 18.1 Å². The first-order valence-electron chi connectivity index (χ1n) is 5.15. The van der Waals surface area contributed by atoms with Gasteiger partial charge in [-0.05, 0) is 41.9 Å². The van der Waals surface area contributed by atoms with Gasteiger partial charge in [0.25, 0.3) is 0 Å². The van der Waals surface area contributed by atoms with Gasteiger partial charge in [-0.25, -0.2) is 14.4 Å². The van der Waals surface area contributed by atoms with Gasteiger partial charge in [0.05, 0.1) is 14.4 Å². The van der Waals surface area contributed by atoms with Gasteiger partial charge in [0.2, 0.25) is 0 Å². The van der Waals surface area contributed by atoms with Crippen LogP contribution in [0.3, 0.4) is 0 Å². The van der Waals surface area contributed by atoms with Gasteiger partial charge >= 0.3 is 0 Å². The minimum Gasteiger partial charge on any atom is -0.368 e. The van der Waals surface area contributed by atoms with Gasteiger partial charge in [0.15, 0.2) is 17.5 Å². The van der Waals surface area contributed by atoms with Crippen molar-refractivity contribution in [1.29, 1.82) is 0 Å². The molecule has 0 aliphatic heterocycles. The Bertz CT molecular complexity index is 542. The smallest absolute Gasteiger partial charge is 0.186 e. The van der Waals surface area contributed by atoms with Crippen molar-refractivity contribution in [3.05, 3.63) is 27.4 Å². The van der Waals surface area contributed by atoms with Crippen LogP contribution in [0.15, 0.2) is 15.9 Å². The number of rotatable bonds is 3. The maximum absolute atomic E-state index is 13.7. The molecule has 1 N–H and O–H groups in total. The summed E-state index contributed by atoms with van der Waals surface area (Å²) >= 11 is 4.91. The molecule has 2 heterocycles. The Morgan fingerprint density at radius 3 is 2.76 bits per heavy atom. The lowest BCUT2D eigenvalue weighted by atomic mass is 10.3. The van der Waals surface area contributed by atoms with Crippen LogP contribution in [-0.4, -0.2) is 16.5 Å². The molecule has 0 saturated carbocycles. The Kier molecular flexibility index (Phi) is 3.73. The molecule has 0 bridgehead atoms. The van der Waals surface area contributed by atoms with Gasteiger partial charge in [0, 0.05) is 6.54 Å². The van der Waals surface area contributed by atoms with Crippen LogP contribution in [0.2, 0.25) is 0 Å². The summed E-state index contributed by atoms with van der Waals surface area (Å²) < 4.78 is 14.7. The molecule has 0 atom stereocenters. The first kappa shape index (κ1) is 12.4. The normalized spacial score (nSPS) is 10.6. The number of nitrogens with zero attached hydrogens (tertiary/aromatic N) is 2. The van der Waals surface area contributed by atoms with E-state index < -0.39 is 0 Å². The molecule has 90 valence electrons. The molecular weight excluding hydrogens is 305 g/mol. The van der Waals surface area contributed by atoms with Gasteiger partial charge in [-0.3, -0.25) is 0 Å². The van der Waals surface area contributed by atoms with Gasteiger partial charge in [-0.1, -0.05) is 0 Å². The van der Waals surface area contributed by atoms with Crippen LogP contribution in [0.1, 0.15) is 12.6 Å². The zero-order valence-electron chi connectivity index (χ0n) is 9.42. The van der Waals surface area contributed by atoms with E-state index in [1.807, 2.05) is 19.1 Å². The fraction of sp³-hybridized carbons (Fsp3) is 0.273. The van der Waals surface area contributed by atoms with Crippen molar-refractivity contribution in [3.8, 4) is 10.7 Å². The molecule has 0 radical (unpaired) electrons. The quantitative estimate of drug-likeness (QED) is 0.935. The zero-order valence-corrected chi connectivity index (χ0v) is 11.8. The molecule has 0 unspecified atom stereocenters. The molecule has 2 aromatic heterocycles. The molecule has 2 aromatic rings. The van der Waals surface area contributed by atoms with Crippen molar-refractivity contribution in [2.24, 2.45) is 0 Å². The zero-order chi connectivity index (χ0) is 12.4. The number of thiophene rings is 1. The standard InChI is InChI=1S/C11H11BrFN3S/c1-3-14-11-9(13)6(2)15-10(16-11)7-4-5-8(12)17-7/h4-5H,3H2,1-2H3,(H,14,15,16). The summed E-state index contributed by atoms with van der Waals surface area (Å²) in [7, 11) is 0. The van der Waals surface area contributed by atoms with Gasteiger partial charge in [0.1, 0.15) is 0 Å². The lowest BCUT2D eigenvalue weighted by molar-refractivity contribution is 0.606. The number of anilines is 1. The molecule has 3 nitrogen and oxygen atoms in total. The molecule has 6 heteroatoms. The Labute approximate surface area is 111 Å².